The van der Waals surface area contributed by atoms with Crippen molar-refractivity contribution in [2.75, 3.05) is 18.4 Å². The molecule has 0 atom stereocenters. The summed E-state index contributed by atoms with van der Waals surface area (Å²) < 4.78 is 39.9. The summed E-state index contributed by atoms with van der Waals surface area (Å²) >= 11 is 1.51. The van der Waals surface area contributed by atoms with Crippen molar-refractivity contribution in [2.24, 2.45) is 0 Å². The highest BCUT2D eigenvalue weighted by atomic mass is 32.2. The molecule has 0 bridgehead atoms. The minimum atomic E-state index is -3.92. The Kier molecular flexibility index (Phi) is 5.90. The number of nitrogens with one attached hydrogen (secondary N) is 1. The zero-order chi connectivity index (χ0) is 20.3. The summed E-state index contributed by atoms with van der Waals surface area (Å²) in [6.45, 7) is 5.95. The van der Waals surface area contributed by atoms with Crippen LogP contribution in [0.2, 0.25) is 0 Å². The average Bonchev–Trinajstić information content (AvgIpc) is 3.08. The molecular weight excluding hydrogens is 396 g/mol. The van der Waals surface area contributed by atoms with Crippen LogP contribution in [0.5, 0.6) is 11.5 Å². The van der Waals surface area contributed by atoms with Crippen LogP contribution in [-0.2, 0) is 10.0 Å². The number of hydrogen-bond acceptors (Lipinski definition) is 6. The molecule has 0 amide bonds. The topological polar surface area (TPSA) is 77.5 Å². The van der Waals surface area contributed by atoms with Crippen LogP contribution in [0.3, 0.4) is 0 Å². The summed E-state index contributed by atoms with van der Waals surface area (Å²) in [6.07, 6.45) is 0. The van der Waals surface area contributed by atoms with Crippen molar-refractivity contribution in [2.45, 2.75) is 25.7 Å². The first-order chi connectivity index (χ1) is 13.3. The summed E-state index contributed by atoms with van der Waals surface area (Å²) in [7, 11) is -2.42. The molecule has 0 saturated heterocycles. The standard InChI is InChI=1S/C20H22N2O4S2/c1-5-26-19-9-7-15(17-12-27-14(3)21-17)11-20(19)28(23,24)22-16-10-13(2)6-8-18(16)25-4/h6-12,22H,5H2,1-4H3. The number of rotatable bonds is 7. The molecule has 2 aromatic carbocycles. The van der Waals surface area contributed by atoms with Crippen molar-refractivity contribution in [3.05, 3.63) is 52.3 Å². The molecule has 148 valence electrons. The predicted octanol–water partition coefficient (Wildman–Crippen LogP) is 4.64. The molecule has 3 aromatic rings. The first-order valence-electron chi connectivity index (χ1n) is 8.71. The van der Waals surface area contributed by atoms with E-state index in [-0.39, 0.29) is 10.6 Å². The smallest absolute Gasteiger partial charge is 0.265 e. The van der Waals surface area contributed by atoms with Crippen LogP contribution in [0.15, 0.2) is 46.7 Å². The quantitative estimate of drug-likeness (QED) is 0.605. The Labute approximate surface area is 169 Å². The number of benzene rings is 2. The lowest BCUT2D eigenvalue weighted by molar-refractivity contribution is 0.331. The summed E-state index contributed by atoms with van der Waals surface area (Å²) in [5, 5.41) is 2.81. The molecule has 0 aliphatic heterocycles. The maximum atomic E-state index is 13.2. The van der Waals surface area contributed by atoms with Crippen molar-refractivity contribution in [3.63, 3.8) is 0 Å². The second-order valence-corrected chi connectivity index (χ2v) is 8.87. The van der Waals surface area contributed by atoms with Crippen LogP contribution in [0, 0.1) is 13.8 Å². The monoisotopic (exact) mass is 418 g/mol. The lowest BCUT2D eigenvalue weighted by Gasteiger charge is -2.16. The van der Waals surface area contributed by atoms with E-state index >= 15 is 0 Å². The average molecular weight is 419 g/mol. The van der Waals surface area contributed by atoms with Crippen molar-refractivity contribution in [1.29, 1.82) is 0 Å². The van der Waals surface area contributed by atoms with Crippen LogP contribution >= 0.6 is 11.3 Å². The van der Waals surface area contributed by atoms with E-state index < -0.39 is 10.0 Å². The van der Waals surface area contributed by atoms with E-state index in [9.17, 15) is 8.42 Å². The molecule has 0 saturated carbocycles. The third-order valence-electron chi connectivity index (χ3n) is 4.05. The highest BCUT2D eigenvalue weighted by Gasteiger charge is 2.23. The van der Waals surface area contributed by atoms with Crippen molar-refractivity contribution in [1.82, 2.24) is 4.98 Å². The summed E-state index contributed by atoms with van der Waals surface area (Å²) in [6, 6.07) is 10.4. The van der Waals surface area contributed by atoms with E-state index in [1.807, 2.05) is 38.3 Å². The Morgan fingerprint density at radius 3 is 2.50 bits per heavy atom. The van der Waals surface area contributed by atoms with Crippen molar-refractivity contribution >= 4 is 27.0 Å². The summed E-state index contributed by atoms with van der Waals surface area (Å²) in [4.78, 5) is 4.50. The number of hydrogen-bond donors (Lipinski definition) is 1. The van der Waals surface area contributed by atoms with Gasteiger partial charge in [-0.15, -0.1) is 11.3 Å². The van der Waals surface area contributed by atoms with Gasteiger partial charge in [-0.1, -0.05) is 6.07 Å². The normalized spacial score (nSPS) is 11.3. The zero-order valence-corrected chi connectivity index (χ0v) is 17.8. The first-order valence-corrected chi connectivity index (χ1v) is 11.1. The van der Waals surface area contributed by atoms with E-state index in [1.165, 1.54) is 18.4 Å². The Bertz CT molecular complexity index is 1090. The molecule has 1 N–H and O–H groups in total. The largest absolute Gasteiger partial charge is 0.495 e. The maximum Gasteiger partial charge on any atom is 0.265 e. The minimum absolute atomic E-state index is 0.0565. The summed E-state index contributed by atoms with van der Waals surface area (Å²) in [5.74, 6) is 0.732. The van der Waals surface area contributed by atoms with E-state index in [0.29, 0.717) is 23.6 Å². The Morgan fingerprint density at radius 1 is 1.11 bits per heavy atom. The summed E-state index contributed by atoms with van der Waals surface area (Å²) in [5.41, 5.74) is 2.73. The van der Waals surface area contributed by atoms with Crippen molar-refractivity contribution < 1.29 is 17.9 Å². The van der Waals surface area contributed by atoms with Gasteiger partial charge in [0.1, 0.15) is 16.4 Å². The van der Waals surface area contributed by atoms with E-state index in [1.54, 1.807) is 24.3 Å². The lowest BCUT2D eigenvalue weighted by atomic mass is 10.2. The molecule has 1 aromatic heterocycles. The first kappa shape index (κ1) is 20.2. The third-order valence-corrected chi connectivity index (χ3v) is 6.21. The molecule has 1 heterocycles. The number of aromatic nitrogens is 1. The molecule has 3 rings (SSSR count). The SMILES string of the molecule is CCOc1ccc(-c2csc(C)n2)cc1S(=O)(=O)Nc1cc(C)ccc1OC. The Morgan fingerprint density at radius 2 is 1.86 bits per heavy atom. The molecule has 0 fully saturated rings. The Hall–Kier alpha value is -2.58. The van der Waals surface area contributed by atoms with E-state index in [4.69, 9.17) is 9.47 Å². The van der Waals surface area contributed by atoms with Crippen LogP contribution in [0.4, 0.5) is 5.69 Å². The number of anilines is 1. The van der Waals surface area contributed by atoms with Gasteiger partial charge in [0.15, 0.2) is 0 Å². The van der Waals surface area contributed by atoms with E-state index in [0.717, 1.165) is 16.3 Å². The van der Waals surface area contributed by atoms with Gasteiger partial charge >= 0.3 is 0 Å². The number of sulfonamides is 1. The van der Waals surface area contributed by atoms with Gasteiger partial charge in [0.05, 0.1) is 30.1 Å². The molecule has 28 heavy (non-hydrogen) atoms. The van der Waals surface area contributed by atoms with Gasteiger partial charge in [-0.2, -0.15) is 0 Å². The van der Waals surface area contributed by atoms with Gasteiger partial charge in [-0.05, 0) is 56.7 Å². The number of aryl methyl sites for hydroxylation is 2. The molecule has 8 heteroatoms. The zero-order valence-electron chi connectivity index (χ0n) is 16.1. The van der Waals surface area contributed by atoms with Gasteiger partial charge in [-0.25, -0.2) is 13.4 Å². The van der Waals surface area contributed by atoms with Crippen LogP contribution in [-0.4, -0.2) is 27.1 Å². The van der Waals surface area contributed by atoms with Gasteiger partial charge < -0.3 is 9.47 Å². The van der Waals surface area contributed by atoms with Gasteiger partial charge in [-0.3, -0.25) is 4.72 Å². The number of methoxy groups -OCH3 is 1. The molecular formula is C20H22N2O4S2. The molecule has 6 nitrogen and oxygen atoms in total. The van der Waals surface area contributed by atoms with Crippen LogP contribution < -0.4 is 14.2 Å². The van der Waals surface area contributed by atoms with Gasteiger partial charge in [0.25, 0.3) is 10.0 Å². The maximum absolute atomic E-state index is 13.2. The lowest BCUT2D eigenvalue weighted by Crippen LogP contribution is -2.15. The highest BCUT2D eigenvalue weighted by molar-refractivity contribution is 7.92. The van der Waals surface area contributed by atoms with Gasteiger partial charge in [0, 0.05) is 10.9 Å². The molecule has 0 unspecified atom stereocenters. The second-order valence-electron chi connectivity index (χ2n) is 6.16. The molecule has 0 radical (unpaired) electrons. The fourth-order valence-corrected chi connectivity index (χ4v) is 4.60. The van der Waals surface area contributed by atoms with Crippen LogP contribution in [0.25, 0.3) is 11.3 Å². The third kappa shape index (κ3) is 4.28. The fourth-order valence-electron chi connectivity index (χ4n) is 2.75. The number of ether oxygens (including phenoxy) is 2. The molecule has 0 aliphatic rings. The fraction of sp³-hybridized carbons (Fsp3) is 0.250. The Balaban J connectivity index is 2.07. The van der Waals surface area contributed by atoms with E-state index in [2.05, 4.69) is 9.71 Å². The number of thiazole rings is 1. The molecule has 0 aliphatic carbocycles. The minimum Gasteiger partial charge on any atom is -0.495 e. The molecule has 0 spiro atoms. The highest BCUT2D eigenvalue weighted by Crippen LogP contribution is 2.34. The second kappa shape index (κ2) is 8.20. The van der Waals surface area contributed by atoms with Gasteiger partial charge in [0.2, 0.25) is 0 Å². The van der Waals surface area contributed by atoms with Crippen molar-refractivity contribution in [3.8, 4) is 22.8 Å². The van der Waals surface area contributed by atoms with Crippen LogP contribution in [0.1, 0.15) is 17.5 Å². The predicted molar refractivity (Wildman–Crippen MR) is 112 cm³/mol. The number of nitrogens with zero attached hydrogens (tertiary/aromatic N) is 1.